The molecule has 3 heteroatoms. The highest BCUT2D eigenvalue weighted by molar-refractivity contribution is 6.05. The summed E-state index contributed by atoms with van der Waals surface area (Å²) in [5.74, 6) is -0.00843. The Morgan fingerprint density at radius 3 is 2.07 bits per heavy atom. The Morgan fingerprint density at radius 2 is 1.47 bits per heavy atom. The molecule has 30 heavy (non-hydrogen) atoms. The number of carbonyl (C=O) groups is 1. The third kappa shape index (κ3) is 3.88. The Kier molecular flexibility index (Phi) is 5.71. The lowest BCUT2D eigenvalue weighted by atomic mass is 9.91. The Bertz CT molecular complexity index is 1040. The van der Waals surface area contributed by atoms with Crippen molar-refractivity contribution in [3.63, 3.8) is 0 Å². The fourth-order valence-electron chi connectivity index (χ4n) is 4.10. The predicted molar refractivity (Wildman–Crippen MR) is 121 cm³/mol. The van der Waals surface area contributed by atoms with Gasteiger partial charge >= 0.3 is 0 Å². The van der Waals surface area contributed by atoms with Crippen LogP contribution in [0.4, 0.5) is 0 Å². The van der Waals surface area contributed by atoms with Crippen LogP contribution in [0.1, 0.15) is 48.1 Å². The van der Waals surface area contributed by atoms with Gasteiger partial charge in [0.2, 0.25) is 0 Å². The fourth-order valence-corrected chi connectivity index (χ4v) is 4.10. The van der Waals surface area contributed by atoms with Crippen LogP contribution in [0, 0.1) is 0 Å². The van der Waals surface area contributed by atoms with Crippen LogP contribution in [0.15, 0.2) is 90.7 Å². The minimum absolute atomic E-state index is 0.146. The van der Waals surface area contributed by atoms with Gasteiger partial charge in [0.1, 0.15) is 0 Å². The standard InChI is InChI=1S/C27H27NO2/c1-19(2)21-13-15-23(16-14-21)25-24(22-11-7-4-8-12-22)26(29)27(30)28(25)18-17-20-9-5-3-6-10-20/h3-16,19,25,29H,17-18H2,1-2H3/t25-/m1/s1. The summed E-state index contributed by atoms with van der Waals surface area (Å²) in [5.41, 5.74) is 5.01. The molecule has 1 atom stereocenters. The van der Waals surface area contributed by atoms with E-state index in [1.54, 1.807) is 4.90 Å². The van der Waals surface area contributed by atoms with E-state index < -0.39 is 0 Å². The minimum Gasteiger partial charge on any atom is -0.503 e. The smallest absolute Gasteiger partial charge is 0.289 e. The van der Waals surface area contributed by atoms with E-state index in [1.165, 1.54) is 11.1 Å². The molecule has 1 aliphatic rings. The second kappa shape index (κ2) is 8.58. The van der Waals surface area contributed by atoms with E-state index in [0.29, 0.717) is 18.0 Å². The summed E-state index contributed by atoms with van der Waals surface area (Å²) >= 11 is 0. The highest BCUT2D eigenvalue weighted by atomic mass is 16.3. The van der Waals surface area contributed by atoms with Gasteiger partial charge in [0, 0.05) is 12.1 Å². The zero-order chi connectivity index (χ0) is 21.1. The van der Waals surface area contributed by atoms with Gasteiger partial charge in [0.15, 0.2) is 5.76 Å². The third-order valence-corrected chi connectivity index (χ3v) is 5.79. The largest absolute Gasteiger partial charge is 0.503 e. The molecule has 0 radical (unpaired) electrons. The van der Waals surface area contributed by atoms with Gasteiger partial charge in [0.25, 0.3) is 5.91 Å². The highest BCUT2D eigenvalue weighted by Crippen LogP contribution is 2.43. The number of aliphatic hydroxyl groups excluding tert-OH is 1. The van der Waals surface area contributed by atoms with Crippen molar-refractivity contribution in [2.45, 2.75) is 32.2 Å². The Hall–Kier alpha value is -3.33. The van der Waals surface area contributed by atoms with Crippen LogP contribution in [-0.4, -0.2) is 22.5 Å². The second-order valence-electron chi connectivity index (χ2n) is 8.09. The van der Waals surface area contributed by atoms with Gasteiger partial charge < -0.3 is 10.0 Å². The Labute approximate surface area is 178 Å². The minimum atomic E-state index is -0.303. The van der Waals surface area contributed by atoms with Crippen LogP contribution >= 0.6 is 0 Å². The van der Waals surface area contributed by atoms with Crippen LogP contribution in [0.3, 0.4) is 0 Å². The van der Waals surface area contributed by atoms with Gasteiger partial charge in [-0.15, -0.1) is 0 Å². The lowest BCUT2D eigenvalue weighted by Gasteiger charge is -2.28. The van der Waals surface area contributed by atoms with Gasteiger partial charge in [-0.3, -0.25) is 4.79 Å². The molecule has 1 aliphatic heterocycles. The van der Waals surface area contributed by atoms with Gasteiger partial charge in [-0.05, 0) is 34.6 Å². The first-order chi connectivity index (χ1) is 14.6. The van der Waals surface area contributed by atoms with Gasteiger partial charge in [-0.2, -0.15) is 0 Å². The molecule has 0 saturated carbocycles. The van der Waals surface area contributed by atoms with Crippen LogP contribution in [0.2, 0.25) is 0 Å². The lowest BCUT2D eigenvalue weighted by molar-refractivity contribution is -0.129. The van der Waals surface area contributed by atoms with E-state index in [0.717, 1.165) is 17.5 Å². The quantitative estimate of drug-likeness (QED) is 0.562. The maximum Gasteiger partial charge on any atom is 0.289 e. The van der Waals surface area contributed by atoms with Crippen molar-refractivity contribution in [1.29, 1.82) is 0 Å². The predicted octanol–water partition coefficient (Wildman–Crippen LogP) is 5.91. The summed E-state index contributed by atoms with van der Waals surface area (Å²) in [7, 11) is 0. The molecule has 0 fully saturated rings. The molecule has 0 unspecified atom stereocenters. The number of hydrogen-bond acceptors (Lipinski definition) is 2. The van der Waals surface area contributed by atoms with E-state index >= 15 is 0 Å². The van der Waals surface area contributed by atoms with Crippen molar-refractivity contribution in [2.24, 2.45) is 0 Å². The van der Waals surface area contributed by atoms with Crippen LogP contribution in [0.25, 0.3) is 5.57 Å². The first kappa shape index (κ1) is 20.0. The molecule has 1 heterocycles. The zero-order valence-electron chi connectivity index (χ0n) is 17.5. The van der Waals surface area contributed by atoms with E-state index in [1.807, 2.05) is 48.5 Å². The first-order valence-electron chi connectivity index (χ1n) is 10.5. The summed E-state index contributed by atoms with van der Waals surface area (Å²) < 4.78 is 0. The van der Waals surface area contributed by atoms with E-state index in [2.05, 4.69) is 50.2 Å². The Morgan fingerprint density at radius 1 is 0.867 bits per heavy atom. The van der Waals surface area contributed by atoms with Gasteiger partial charge in [0.05, 0.1) is 6.04 Å². The number of hydrogen-bond donors (Lipinski definition) is 1. The number of rotatable bonds is 6. The summed E-state index contributed by atoms with van der Waals surface area (Å²) in [5, 5.41) is 10.8. The molecule has 0 spiro atoms. The second-order valence-corrected chi connectivity index (χ2v) is 8.09. The molecule has 3 nitrogen and oxygen atoms in total. The van der Waals surface area contributed by atoms with Crippen molar-refractivity contribution in [3.8, 4) is 0 Å². The van der Waals surface area contributed by atoms with Crippen molar-refractivity contribution >= 4 is 11.5 Å². The number of aliphatic hydroxyl groups is 1. The molecule has 0 saturated heterocycles. The Balaban J connectivity index is 1.72. The fraction of sp³-hybridized carbons (Fsp3) is 0.222. The number of nitrogens with zero attached hydrogens (tertiary/aromatic N) is 1. The maximum absolute atomic E-state index is 13.1. The van der Waals surface area contributed by atoms with Gasteiger partial charge in [-0.1, -0.05) is 98.8 Å². The molecular weight excluding hydrogens is 370 g/mol. The monoisotopic (exact) mass is 397 g/mol. The van der Waals surface area contributed by atoms with Crippen molar-refractivity contribution < 1.29 is 9.90 Å². The van der Waals surface area contributed by atoms with E-state index in [9.17, 15) is 9.90 Å². The first-order valence-corrected chi connectivity index (χ1v) is 10.5. The summed E-state index contributed by atoms with van der Waals surface area (Å²) in [6.45, 7) is 4.88. The average Bonchev–Trinajstić information content (AvgIpc) is 3.04. The molecule has 152 valence electrons. The SMILES string of the molecule is CC(C)c1ccc([C@@H]2C(c3ccccc3)=C(O)C(=O)N2CCc2ccccc2)cc1. The van der Waals surface area contributed by atoms with Crippen molar-refractivity contribution in [3.05, 3.63) is 113 Å². The van der Waals surface area contributed by atoms with Gasteiger partial charge in [-0.25, -0.2) is 0 Å². The van der Waals surface area contributed by atoms with Crippen molar-refractivity contribution in [2.75, 3.05) is 6.54 Å². The normalized spacial score (nSPS) is 16.6. The number of carbonyl (C=O) groups excluding carboxylic acids is 1. The molecular formula is C27H27NO2. The highest BCUT2D eigenvalue weighted by Gasteiger charge is 2.40. The lowest BCUT2D eigenvalue weighted by Crippen LogP contribution is -2.32. The van der Waals surface area contributed by atoms with Crippen molar-refractivity contribution in [1.82, 2.24) is 4.90 Å². The number of benzene rings is 3. The topological polar surface area (TPSA) is 40.5 Å². The number of amides is 1. The van der Waals surface area contributed by atoms with E-state index in [4.69, 9.17) is 0 Å². The molecule has 0 aromatic heterocycles. The third-order valence-electron chi connectivity index (χ3n) is 5.79. The van der Waals surface area contributed by atoms with Crippen LogP contribution in [0.5, 0.6) is 0 Å². The average molecular weight is 398 g/mol. The molecule has 1 amide bonds. The zero-order valence-corrected chi connectivity index (χ0v) is 17.5. The molecule has 3 aromatic rings. The molecule has 0 aliphatic carbocycles. The summed E-state index contributed by atoms with van der Waals surface area (Å²) in [6.07, 6.45) is 0.739. The molecule has 1 N–H and O–H groups in total. The van der Waals surface area contributed by atoms with E-state index in [-0.39, 0.29) is 17.7 Å². The van der Waals surface area contributed by atoms with Crippen LogP contribution < -0.4 is 0 Å². The molecule has 4 rings (SSSR count). The maximum atomic E-state index is 13.1. The van der Waals surface area contributed by atoms with Crippen LogP contribution in [-0.2, 0) is 11.2 Å². The molecule has 0 bridgehead atoms. The summed E-state index contributed by atoms with van der Waals surface area (Å²) in [6, 6.07) is 28.0. The molecule has 3 aromatic carbocycles. The summed E-state index contributed by atoms with van der Waals surface area (Å²) in [4.78, 5) is 14.9.